The molecule has 4 rings (SSSR count). The molecule has 0 spiro atoms. The normalized spacial score (nSPS) is 13.0. The number of rotatable bonds is 6. The summed E-state index contributed by atoms with van der Waals surface area (Å²) in [6.07, 6.45) is 3.36. The van der Waals surface area contributed by atoms with Gasteiger partial charge in [-0.3, -0.25) is 0 Å². The summed E-state index contributed by atoms with van der Waals surface area (Å²) in [7, 11) is 0. The summed E-state index contributed by atoms with van der Waals surface area (Å²) < 4.78 is 0. The Morgan fingerprint density at radius 2 is 1.27 bits per heavy atom. The Labute approximate surface area is 156 Å². The van der Waals surface area contributed by atoms with Crippen LogP contribution in [0.25, 0.3) is 0 Å². The fraction of sp³-hybridized carbons (Fsp3) is 0.250. The van der Waals surface area contributed by atoms with Gasteiger partial charge in [0.2, 0.25) is 0 Å². The number of anilines is 2. The van der Waals surface area contributed by atoms with Gasteiger partial charge >= 0.3 is 0 Å². The molecule has 0 aliphatic carbocycles. The molecule has 132 valence electrons. The van der Waals surface area contributed by atoms with Crippen LogP contribution in [0.4, 0.5) is 11.4 Å². The topological polar surface area (TPSA) is 15.3 Å². The zero-order valence-electron chi connectivity index (χ0n) is 15.2. The van der Waals surface area contributed by atoms with Crippen LogP contribution in [-0.4, -0.2) is 13.1 Å². The largest absolute Gasteiger partial charge is 0.341 e. The minimum absolute atomic E-state index is 0.939. The maximum atomic E-state index is 3.58. The van der Waals surface area contributed by atoms with Gasteiger partial charge in [-0.15, -0.1) is 0 Å². The first kappa shape index (κ1) is 16.9. The first-order valence-corrected chi connectivity index (χ1v) is 9.60. The van der Waals surface area contributed by atoms with Gasteiger partial charge in [0.15, 0.2) is 0 Å². The summed E-state index contributed by atoms with van der Waals surface area (Å²) in [6.45, 7) is 3.00. The molecule has 0 saturated heterocycles. The molecule has 0 amide bonds. The summed E-state index contributed by atoms with van der Waals surface area (Å²) in [4.78, 5) is 2.52. The van der Waals surface area contributed by atoms with Crippen LogP contribution < -0.4 is 10.2 Å². The number of fused-ring (bicyclic) bond motifs is 2. The molecule has 0 bridgehead atoms. The van der Waals surface area contributed by atoms with Crippen LogP contribution in [0.15, 0.2) is 78.9 Å². The summed E-state index contributed by atoms with van der Waals surface area (Å²) in [5.74, 6) is 0. The van der Waals surface area contributed by atoms with Crippen molar-refractivity contribution in [2.45, 2.75) is 25.8 Å². The van der Waals surface area contributed by atoms with E-state index in [0.29, 0.717) is 0 Å². The second kappa shape index (κ2) is 8.20. The monoisotopic (exact) mass is 342 g/mol. The summed E-state index contributed by atoms with van der Waals surface area (Å²) in [5, 5.41) is 3.58. The van der Waals surface area contributed by atoms with Gasteiger partial charge in [0.1, 0.15) is 0 Å². The smallest absolute Gasteiger partial charge is 0.0443 e. The molecule has 0 unspecified atom stereocenters. The van der Waals surface area contributed by atoms with E-state index in [2.05, 4.69) is 89.1 Å². The summed E-state index contributed by atoms with van der Waals surface area (Å²) in [5.41, 5.74) is 7.01. The van der Waals surface area contributed by atoms with Gasteiger partial charge in [0.05, 0.1) is 0 Å². The molecule has 1 aliphatic rings. The van der Waals surface area contributed by atoms with E-state index in [1.54, 1.807) is 0 Å². The first-order chi connectivity index (χ1) is 12.9. The highest BCUT2D eigenvalue weighted by molar-refractivity contribution is 5.71. The predicted octanol–water partition coefficient (Wildman–Crippen LogP) is 5.10. The van der Waals surface area contributed by atoms with Gasteiger partial charge in [0, 0.05) is 24.5 Å². The molecule has 2 nitrogen and oxygen atoms in total. The highest BCUT2D eigenvalue weighted by atomic mass is 15.1. The van der Waals surface area contributed by atoms with Crippen LogP contribution in [0.2, 0.25) is 0 Å². The minimum Gasteiger partial charge on any atom is -0.341 e. The Balaban J connectivity index is 1.43. The fourth-order valence-corrected chi connectivity index (χ4v) is 3.80. The Kier molecular flexibility index (Phi) is 5.32. The molecular weight excluding hydrogens is 316 g/mol. The lowest BCUT2D eigenvalue weighted by molar-refractivity contribution is 0.651. The standard InChI is InChI=1S/C24H26N2/c1-2-9-20(10-3-1)19-25-17-8-18-26-23-13-6-4-11-21(23)15-16-22-12-5-7-14-24(22)26/h1-7,9-14,25H,8,15-19H2. The van der Waals surface area contributed by atoms with E-state index in [1.807, 2.05) is 0 Å². The van der Waals surface area contributed by atoms with Gasteiger partial charge in [0.25, 0.3) is 0 Å². The van der Waals surface area contributed by atoms with Crippen molar-refractivity contribution in [3.8, 4) is 0 Å². The van der Waals surface area contributed by atoms with Crippen molar-refractivity contribution >= 4 is 11.4 Å². The zero-order chi connectivity index (χ0) is 17.6. The van der Waals surface area contributed by atoms with Crippen LogP contribution >= 0.6 is 0 Å². The van der Waals surface area contributed by atoms with E-state index >= 15 is 0 Å². The van der Waals surface area contributed by atoms with Gasteiger partial charge < -0.3 is 10.2 Å². The van der Waals surface area contributed by atoms with Crippen molar-refractivity contribution in [2.75, 3.05) is 18.0 Å². The third kappa shape index (κ3) is 3.81. The highest BCUT2D eigenvalue weighted by Crippen LogP contribution is 2.35. The lowest BCUT2D eigenvalue weighted by Gasteiger charge is -2.27. The van der Waals surface area contributed by atoms with Gasteiger partial charge in [-0.25, -0.2) is 0 Å². The van der Waals surface area contributed by atoms with Crippen molar-refractivity contribution in [3.63, 3.8) is 0 Å². The molecule has 0 atom stereocenters. The van der Waals surface area contributed by atoms with E-state index in [4.69, 9.17) is 0 Å². The molecule has 0 radical (unpaired) electrons. The van der Waals surface area contributed by atoms with E-state index in [1.165, 1.54) is 28.1 Å². The average molecular weight is 342 g/mol. The predicted molar refractivity (Wildman–Crippen MR) is 110 cm³/mol. The number of para-hydroxylation sites is 2. The number of aryl methyl sites for hydroxylation is 2. The maximum Gasteiger partial charge on any atom is 0.0443 e. The summed E-state index contributed by atoms with van der Waals surface area (Å²) >= 11 is 0. The van der Waals surface area contributed by atoms with Crippen molar-refractivity contribution in [2.24, 2.45) is 0 Å². The molecule has 0 aromatic heterocycles. The number of hydrogen-bond donors (Lipinski definition) is 1. The second-order valence-corrected chi connectivity index (χ2v) is 6.92. The molecule has 1 heterocycles. The lowest BCUT2D eigenvalue weighted by atomic mass is 10.0. The number of nitrogens with zero attached hydrogens (tertiary/aromatic N) is 1. The van der Waals surface area contributed by atoms with E-state index < -0.39 is 0 Å². The molecule has 0 saturated carbocycles. The zero-order valence-corrected chi connectivity index (χ0v) is 15.2. The van der Waals surface area contributed by atoms with Crippen LogP contribution in [0, 0.1) is 0 Å². The number of benzene rings is 3. The molecule has 2 heteroatoms. The molecule has 1 aliphatic heterocycles. The van der Waals surface area contributed by atoms with E-state index in [-0.39, 0.29) is 0 Å². The Hall–Kier alpha value is -2.58. The first-order valence-electron chi connectivity index (χ1n) is 9.60. The fourth-order valence-electron chi connectivity index (χ4n) is 3.80. The SMILES string of the molecule is c1ccc(CNCCCN2c3ccccc3CCc3ccccc32)cc1. The molecule has 3 aromatic rings. The van der Waals surface area contributed by atoms with E-state index in [0.717, 1.165) is 38.9 Å². The Morgan fingerprint density at radius 3 is 1.92 bits per heavy atom. The molecule has 26 heavy (non-hydrogen) atoms. The van der Waals surface area contributed by atoms with Crippen molar-refractivity contribution < 1.29 is 0 Å². The molecule has 0 fully saturated rings. The Bertz CT molecular complexity index is 794. The lowest BCUT2D eigenvalue weighted by Crippen LogP contribution is -2.24. The highest BCUT2D eigenvalue weighted by Gasteiger charge is 2.19. The van der Waals surface area contributed by atoms with Crippen LogP contribution in [0.1, 0.15) is 23.1 Å². The van der Waals surface area contributed by atoms with Crippen LogP contribution in [0.3, 0.4) is 0 Å². The molecule has 1 N–H and O–H groups in total. The maximum absolute atomic E-state index is 3.58. The molecular formula is C24H26N2. The number of nitrogens with one attached hydrogen (secondary N) is 1. The van der Waals surface area contributed by atoms with Crippen molar-refractivity contribution in [1.82, 2.24) is 5.32 Å². The minimum atomic E-state index is 0.939. The van der Waals surface area contributed by atoms with Gasteiger partial charge in [-0.1, -0.05) is 66.7 Å². The quantitative estimate of drug-likeness (QED) is 0.627. The van der Waals surface area contributed by atoms with Crippen molar-refractivity contribution in [3.05, 3.63) is 95.6 Å². The second-order valence-electron chi connectivity index (χ2n) is 6.92. The van der Waals surface area contributed by atoms with Gasteiger partial charge in [-0.05, 0) is 54.6 Å². The van der Waals surface area contributed by atoms with Crippen LogP contribution in [-0.2, 0) is 19.4 Å². The van der Waals surface area contributed by atoms with Crippen LogP contribution in [0.5, 0.6) is 0 Å². The number of hydrogen-bond acceptors (Lipinski definition) is 2. The summed E-state index contributed by atoms with van der Waals surface area (Å²) in [6, 6.07) is 28.4. The van der Waals surface area contributed by atoms with Crippen molar-refractivity contribution in [1.29, 1.82) is 0 Å². The van der Waals surface area contributed by atoms with Gasteiger partial charge in [-0.2, -0.15) is 0 Å². The molecule has 3 aromatic carbocycles. The third-order valence-electron chi connectivity index (χ3n) is 5.14. The Morgan fingerprint density at radius 1 is 0.692 bits per heavy atom. The third-order valence-corrected chi connectivity index (χ3v) is 5.14. The average Bonchev–Trinajstić information content (AvgIpc) is 2.86. The van der Waals surface area contributed by atoms with E-state index in [9.17, 15) is 0 Å².